The Bertz CT molecular complexity index is 1930. The second-order valence-electron chi connectivity index (χ2n) is 13.3. The minimum atomic E-state index is -0.640. The SMILES string of the molecule is COC(=O)c1c(Cc2ccc(C(=O)N[C@@H]3[C@@H]4C[C@@H]5C[C@H]3C[C@](NC(=O)CCl)(C5)C4)cc2)c(=O)c2ccc(Cl)cc2n1-c1ccccc1. The van der Waals surface area contributed by atoms with E-state index in [9.17, 15) is 19.2 Å². The first-order chi connectivity index (χ1) is 22.7. The Morgan fingerprint density at radius 2 is 1.66 bits per heavy atom. The third-order valence-electron chi connectivity index (χ3n) is 10.3. The number of methoxy groups -OCH3 is 1. The molecule has 5 atom stereocenters. The maximum Gasteiger partial charge on any atom is 0.355 e. The van der Waals surface area contributed by atoms with Crippen molar-refractivity contribution in [1.82, 2.24) is 15.2 Å². The highest BCUT2D eigenvalue weighted by Gasteiger charge is 2.56. The molecule has 3 aromatic carbocycles. The fourth-order valence-electron chi connectivity index (χ4n) is 8.68. The van der Waals surface area contributed by atoms with Crippen LogP contribution in [0.25, 0.3) is 16.6 Å². The fourth-order valence-corrected chi connectivity index (χ4v) is 8.92. The number of ether oxygens (including phenoxy) is 1. The third-order valence-corrected chi connectivity index (χ3v) is 10.8. The van der Waals surface area contributed by atoms with Crippen LogP contribution >= 0.6 is 23.2 Å². The van der Waals surface area contributed by atoms with Crippen molar-refractivity contribution in [3.8, 4) is 5.69 Å². The van der Waals surface area contributed by atoms with Gasteiger partial charge in [-0.3, -0.25) is 14.4 Å². The van der Waals surface area contributed by atoms with Crippen molar-refractivity contribution in [2.45, 2.75) is 50.1 Å². The van der Waals surface area contributed by atoms with Gasteiger partial charge in [0.25, 0.3) is 5.91 Å². The number of hydrogen-bond acceptors (Lipinski definition) is 5. The predicted molar refractivity (Wildman–Crippen MR) is 182 cm³/mol. The highest BCUT2D eigenvalue weighted by Crippen LogP contribution is 2.55. The van der Waals surface area contributed by atoms with Crippen molar-refractivity contribution in [3.05, 3.63) is 110 Å². The van der Waals surface area contributed by atoms with Gasteiger partial charge in [-0.05, 0) is 97.9 Å². The van der Waals surface area contributed by atoms with Gasteiger partial charge in [-0.1, -0.05) is 41.9 Å². The van der Waals surface area contributed by atoms with Gasteiger partial charge in [-0.2, -0.15) is 0 Å². The lowest BCUT2D eigenvalue weighted by Crippen LogP contribution is -2.66. The second kappa shape index (κ2) is 12.5. The zero-order valence-corrected chi connectivity index (χ0v) is 27.4. The largest absolute Gasteiger partial charge is 0.464 e. The topological polar surface area (TPSA) is 106 Å². The van der Waals surface area contributed by atoms with E-state index in [0.717, 1.165) is 37.7 Å². The summed E-state index contributed by atoms with van der Waals surface area (Å²) in [6.07, 6.45) is 4.96. The number of carbonyl (C=O) groups excluding carboxylic acids is 3. The number of fused-ring (bicyclic) bond motifs is 1. The molecule has 242 valence electrons. The van der Waals surface area contributed by atoms with Crippen molar-refractivity contribution in [1.29, 1.82) is 0 Å². The van der Waals surface area contributed by atoms with Crippen molar-refractivity contribution < 1.29 is 19.1 Å². The van der Waals surface area contributed by atoms with E-state index in [2.05, 4.69) is 10.6 Å². The number of hydrogen-bond donors (Lipinski definition) is 2. The summed E-state index contributed by atoms with van der Waals surface area (Å²) >= 11 is 12.1. The van der Waals surface area contributed by atoms with Gasteiger partial charge in [0, 0.05) is 45.2 Å². The maximum atomic E-state index is 13.9. The van der Waals surface area contributed by atoms with E-state index >= 15 is 0 Å². The minimum Gasteiger partial charge on any atom is -0.464 e. The first-order valence-corrected chi connectivity index (χ1v) is 16.9. The number of nitrogens with zero attached hydrogens (tertiary/aromatic N) is 1. The number of alkyl halides is 1. The van der Waals surface area contributed by atoms with Gasteiger partial charge in [0.2, 0.25) is 5.91 Å². The van der Waals surface area contributed by atoms with E-state index in [0.29, 0.717) is 44.9 Å². The van der Waals surface area contributed by atoms with Gasteiger partial charge >= 0.3 is 5.97 Å². The van der Waals surface area contributed by atoms with E-state index in [1.165, 1.54) is 7.11 Å². The van der Waals surface area contributed by atoms with Crippen LogP contribution in [0.3, 0.4) is 0 Å². The lowest BCUT2D eigenvalue weighted by molar-refractivity contribution is -0.125. The number of halogens is 2. The monoisotopic (exact) mass is 671 g/mol. The zero-order chi connectivity index (χ0) is 32.9. The Labute approximate surface area is 282 Å². The maximum absolute atomic E-state index is 13.9. The molecular formula is C37H35Cl2N3O5. The molecule has 0 unspecified atom stereocenters. The number of para-hydroxylation sites is 1. The zero-order valence-electron chi connectivity index (χ0n) is 25.9. The van der Waals surface area contributed by atoms with Crippen LogP contribution in [-0.4, -0.2) is 46.9 Å². The molecule has 10 heteroatoms. The average Bonchev–Trinajstić information content (AvgIpc) is 3.07. The van der Waals surface area contributed by atoms with E-state index in [1.54, 1.807) is 34.9 Å². The van der Waals surface area contributed by atoms with Crippen molar-refractivity contribution in [3.63, 3.8) is 0 Å². The summed E-state index contributed by atoms with van der Waals surface area (Å²) in [4.78, 5) is 52.9. The van der Waals surface area contributed by atoms with Crippen LogP contribution in [0.1, 0.15) is 64.1 Å². The number of pyridine rings is 1. The highest BCUT2D eigenvalue weighted by atomic mass is 35.5. The smallest absolute Gasteiger partial charge is 0.355 e. The molecule has 0 saturated heterocycles. The second-order valence-corrected chi connectivity index (χ2v) is 14.0. The molecule has 4 aliphatic rings. The third kappa shape index (κ3) is 5.82. The van der Waals surface area contributed by atoms with Crippen molar-refractivity contribution in [2.75, 3.05) is 13.0 Å². The van der Waals surface area contributed by atoms with Crippen molar-refractivity contribution >= 4 is 51.9 Å². The molecule has 0 aliphatic heterocycles. The predicted octanol–water partition coefficient (Wildman–Crippen LogP) is 6.05. The standard InChI is InChI=1S/C37H35Cl2N3O5/c1-47-36(46)33-29(34(44)28-12-11-26(39)16-30(28)42(33)27-5-3-2-4-6-27)15-21-7-9-23(10-8-21)35(45)40-32-24-13-22-14-25(32)19-37(17-22,18-24)41-31(43)20-38/h2-12,16,22,24-25,32H,13-15,17-20H2,1H3,(H,40,45)(H,41,43)/t22-,24-,25+,32-,37+. The molecule has 4 aromatic rings. The summed E-state index contributed by atoms with van der Waals surface area (Å²) in [5.41, 5.74) is 2.40. The minimum absolute atomic E-state index is 0.0409. The first-order valence-electron chi connectivity index (χ1n) is 16.0. The van der Waals surface area contributed by atoms with Gasteiger partial charge < -0.3 is 19.9 Å². The fraction of sp³-hybridized carbons (Fsp3) is 0.351. The first kappa shape index (κ1) is 31.5. The van der Waals surface area contributed by atoms with Gasteiger partial charge in [0.1, 0.15) is 11.6 Å². The number of nitrogens with one attached hydrogen (secondary N) is 2. The summed E-state index contributed by atoms with van der Waals surface area (Å²) < 4.78 is 6.92. The molecule has 4 aliphatic carbocycles. The number of rotatable bonds is 8. The highest BCUT2D eigenvalue weighted by molar-refractivity contribution is 6.31. The van der Waals surface area contributed by atoms with E-state index < -0.39 is 5.97 Å². The number of benzene rings is 3. The van der Waals surface area contributed by atoms with Crippen LogP contribution < -0.4 is 16.1 Å². The lowest BCUT2D eigenvalue weighted by Gasteiger charge is -2.60. The Balaban J connectivity index is 1.16. The van der Waals surface area contributed by atoms with Crippen molar-refractivity contribution in [2.24, 2.45) is 17.8 Å². The Morgan fingerprint density at radius 3 is 2.32 bits per heavy atom. The van der Waals surface area contributed by atoms with Gasteiger partial charge in [-0.15, -0.1) is 11.6 Å². The van der Waals surface area contributed by atoms with Crippen LogP contribution in [0.2, 0.25) is 5.02 Å². The van der Waals surface area contributed by atoms with Crippen LogP contribution in [-0.2, 0) is 16.0 Å². The number of carbonyl (C=O) groups is 3. The van der Waals surface area contributed by atoms with Gasteiger partial charge in [0.05, 0.1) is 12.6 Å². The molecule has 4 bridgehead atoms. The summed E-state index contributed by atoms with van der Waals surface area (Å²) in [7, 11) is 1.29. The molecule has 8 nitrogen and oxygen atoms in total. The molecule has 1 heterocycles. The molecule has 0 spiro atoms. The lowest BCUT2D eigenvalue weighted by atomic mass is 9.51. The molecule has 1 aromatic heterocycles. The van der Waals surface area contributed by atoms with E-state index in [-0.39, 0.29) is 52.4 Å². The molecular weight excluding hydrogens is 637 g/mol. The molecule has 2 amide bonds. The van der Waals surface area contributed by atoms with Crippen LogP contribution in [0, 0.1) is 17.8 Å². The molecule has 8 rings (SSSR count). The molecule has 0 radical (unpaired) electrons. The summed E-state index contributed by atoms with van der Waals surface area (Å²) in [6, 6.07) is 21.5. The quantitative estimate of drug-likeness (QED) is 0.175. The average molecular weight is 673 g/mol. The van der Waals surface area contributed by atoms with Crippen LogP contribution in [0.5, 0.6) is 0 Å². The van der Waals surface area contributed by atoms with Gasteiger partial charge in [-0.25, -0.2) is 4.79 Å². The van der Waals surface area contributed by atoms with Crippen LogP contribution in [0.4, 0.5) is 0 Å². The summed E-state index contributed by atoms with van der Waals surface area (Å²) in [5, 5.41) is 7.39. The van der Waals surface area contributed by atoms with Gasteiger partial charge in [0.15, 0.2) is 5.43 Å². The number of esters is 1. The Morgan fingerprint density at radius 1 is 0.957 bits per heavy atom. The summed E-state index contributed by atoms with van der Waals surface area (Å²) in [6.45, 7) is 0. The van der Waals surface area contributed by atoms with Crippen LogP contribution in [0.15, 0.2) is 77.6 Å². The molecule has 4 fully saturated rings. The molecule has 47 heavy (non-hydrogen) atoms. The van der Waals surface area contributed by atoms with E-state index in [4.69, 9.17) is 27.9 Å². The number of aromatic nitrogens is 1. The van der Waals surface area contributed by atoms with E-state index in [1.807, 2.05) is 42.5 Å². The Hall–Kier alpha value is -4.14. The molecule has 4 saturated carbocycles. The Kier molecular flexibility index (Phi) is 8.35. The number of amides is 2. The summed E-state index contributed by atoms with van der Waals surface area (Å²) in [5.74, 6) is 0.235. The normalized spacial score (nSPS) is 24.2. The molecule has 2 N–H and O–H groups in total.